The van der Waals surface area contributed by atoms with E-state index in [1.165, 1.54) is 154 Å². The van der Waals surface area contributed by atoms with E-state index in [4.69, 9.17) is 14.2 Å². The second kappa shape index (κ2) is 68.3. The van der Waals surface area contributed by atoms with Gasteiger partial charge in [0, 0.05) is 19.3 Å². The van der Waals surface area contributed by atoms with Gasteiger partial charge in [0.2, 0.25) is 0 Å². The van der Waals surface area contributed by atoms with Crippen LogP contribution in [0.15, 0.2) is 122 Å². The molecule has 0 saturated heterocycles. The lowest BCUT2D eigenvalue weighted by atomic mass is 10.0. The van der Waals surface area contributed by atoms with Crippen LogP contribution in [0.25, 0.3) is 0 Å². The first-order valence-electron chi connectivity index (χ1n) is 34.0. The summed E-state index contributed by atoms with van der Waals surface area (Å²) in [5.74, 6) is -0.882. The molecular formula is C75H126O6. The first-order valence-corrected chi connectivity index (χ1v) is 34.0. The van der Waals surface area contributed by atoms with E-state index in [2.05, 4.69) is 142 Å². The van der Waals surface area contributed by atoms with E-state index in [0.717, 1.165) is 122 Å². The van der Waals surface area contributed by atoms with Crippen LogP contribution in [0.3, 0.4) is 0 Å². The smallest absolute Gasteiger partial charge is 0.306 e. The van der Waals surface area contributed by atoms with Crippen LogP contribution < -0.4 is 0 Å². The second-order valence-electron chi connectivity index (χ2n) is 22.3. The summed E-state index contributed by atoms with van der Waals surface area (Å²) in [5, 5.41) is 0. The molecule has 0 aromatic heterocycles. The maximum Gasteiger partial charge on any atom is 0.306 e. The van der Waals surface area contributed by atoms with Crippen molar-refractivity contribution in [1.82, 2.24) is 0 Å². The number of hydrogen-bond donors (Lipinski definition) is 0. The molecule has 0 aliphatic rings. The van der Waals surface area contributed by atoms with Crippen molar-refractivity contribution in [3.05, 3.63) is 122 Å². The molecule has 0 aromatic rings. The molecule has 6 nitrogen and oxygen atoms in total. The van der Waals surface area contributed by atoms with Gasteiger partial charge in [-0.2, -0.15) is 0 Å². The minimum atomic E-state index is -0.780. The highest BCUT2D eigenvalue weighted by Gasteiger charge is 2.19. The Balaban J connectivity index is 4.12. The quantitative estimate of drug-likeness (QED) is 0.0261. The Kier molecular flexibility index (Phi) is 64.8. The summed E-state index contributed by atoms with van der Waals surface area (Å²) < 4.78 is 16.9. The van der Waals surface area contributed by atoms with Crippen molar-refractivity contribution in [2.75, 3.05) is 13.2 Å². The molecule has 6 heteroatoms. The molecule has 0 aromatic carbocycles. The van der Waals surface area contributed by atoms with E-state index in [-0.39, 0.29) is 31.1 Å². The van der Waals surface area contributed by atoms with E-state index >= 15 is 0 Å². The van der Waals surface area contributed by atoms with Crippen LogP contribution in [0, 0.1) is 0 Å². The topological polar surface area (TPSA) is 78.9 Å². The first kappa shape index (κ1) is 76.8. The van der Waals surface area contributed by atoms with Crippen molar-refractivity contribution in [3.8, 4) is 0 Å². The summed E-state index contributed by atoms with van der Waals surface area (Å²) >= 11 is 0. The second-order valence-corrected chi connectivity index (χ2v) is 22.3. The Morgan fingerprint density at radius 1 is 0.259 bits per heavy atom. The summed E-state index contributed by atoms with van der Waals surface area (Å²) in [4.78, 5) is 38.2. The van der Waals surface area contributed by atoms with Crippen molar-refractivity contribution < 1.29 is 28.6 Å². The summed E-state index contributed by atoms with van der Waals surface area (Å²) in [6.07, 6.45) is 95.3. The third-order valence-corrected chi connectivity index (χ3v) is 14.5. The first-order chi connectivity index (χ1) is 40.0. The maximum atomic E-state index is 12.9. The van der Waals surface area contributed by atoms with Crippen molar-refractivity contribution in [2.45, 2.75) is 322 Å². The monoisotopic (exact) mass is 1120 g/mol. The predicted octanol–water partition coefficient (Wildman–Crippen LogP) is 23.6. The molecule has 1 atom stereocenters. The van der Waals surface area contributed by atoms with Gasteiger partial charge in [0.1, 0.15) is 13.2 Å². The highest BCUT2D eigenvalue weighted by atomic mass is 16.6. The number of carbonyl (C=O) groups is 3. The summed E-state index contributed by atoms with van der Waals surface area (Å²) in [6.45, 7) is 6.39. The van der Waals surface area contributed by atoms with E-state index in [1.54, 1.807) is 0 Å². The van der Waals surface area contributed by atoms with Crippen LogP contribution in [-0.2, 0) is 28.6 Å². The highest BCUT2D eigenvalue weighted by molar-refractivity contribution is 5.71. The van der Waals surface area contributed by atoms with Crippen molar-refractivity contribution in [2.24, 2.45) is 0 Å². The van der Waals surface area contributed by atoms with Gasteiger partial charge in [-0.1, -0.05) is 309 Å². The van der Waals surface area contributed by atoms with Crippen LogP contribution in [0.2, 0.25) is 0 Å². The Hall–Kier alpha value is -4.19. The third kappa shape index (κ3) is 66.5. The number of esters is 3. The SMILES string of the molecule is CC/C=C\C/C=C\C/C=C\C/C=C\C/C=C\C/C=C\CCCCCCCCCCCCC(=O)OCC(COC(=O)CCCCCCCCC)OC(=O)CCCCCCCCCCCCCCCC/C=C\C/C=C\C/C=C\C/C=C\CC. The molecule has 0 radical (unpaired) electrons. The fourth-order valence-electron chi connectivity index (χ4n) is 9.44. The molecular weight excluding hydrogens is 997 g/mol. The van der Waals surface area contributed by atoms with Gasteiger partial charge < -0.3 is 14.2 Å². The average molecular weight is 1120 g/mol. The van der Waals surface area contributed by atoms with Crippen LogP contribution >= 0.6 is 0 Å². The van der Waals surface area contributed by atoms with Gasteiger partial charge in [-0.05, 0) is 109 Å². The standard InChI is InChI=1S/C75H126O6/c1-4-7-10-13-16-18-20-22-24-26-28-30-32-34-36-37-39-40-42-44-46-48-50-52-54-56-59-62-65-68-74(77)80-71-72(70-79-73(76)67-64-61-58-15-12-9-6-3)81-75(78)69-66-63-60-57-55-53-51-49-47-45-43-41-38-35-33-31-29-27-25-23-21-19-17-14-11-8-5-2/h7-8,10-11,16-19,22-25,28-31,34,36,39-40,72H,4-6,9,12-15,20-21,26-27,32-33,35,37-38,41-71H2,1-3H3/b10-7-,11-8-,18-16-,19-17-,24-22-,25-23-,30-28-,31-29-,36-34-,40-39-. The molecule has 462 valence electrons. The number of allylic oxidation sites excluding steroid dienone is 20. The van der Waals surface area contributed by atoms with Gasteiger partial charge in [-0.25, -0.2) is 0 Å². The van der Waals surface area contributed by atoms with Crippen LogP contribution in [0.1, 0.15) is 316 Å². The lowest BCUT2D eigenvalue weighted by Gasteiger charge is -2.18. The molecule has 81 heavy (non-hydrogen) atoms. The van der Waals surface area contributed by atoms with Crippen molar-refractivity contribution in [3.63, 3.8) is 0 Å². The number of hydrogen-bond acceptors (Lipinski definition) is 6. The van der Waals surface area contributed by atoms with Crippen molar-refractivity contribution >= 4 is 17.9 Å². The number of rotatable bonds is 61. The molecule has 0 heterocycles. The van der Waals surface area contributed by atoms with Gasteiger partial charge in [0.15, 0.2) is 6.10 Å². The molecule has 0 fully saturated rings. The lowest BCUT2D eigenvalue weighted by Crippen LogP contribution is -2.30. The summed E-state index contributed by atoms with van der Waals surface area (Å²) in [6, 6.07) is 0. The van der Waals surface area contributed by atoms with E-state index in [0.29, 0.717) is 19.3 Å². The van der Waals surface area contributed by atoms with Gasteiger partial charge in [0.05, 0.1) is 0 Å². The minimum absolute atomic E-state index is 0.0783. The molecule has 0 spiro atoms. The largest absolute Gasteiger partial charge is 0.462 e. The van der Waals surface area contributed by atoms with Gasteiger partial charge >= 0.3 is 17.9 Å². The molecule has 0 bridgehead atoms. The summed E-state index contributed by atoms with van der Waals surface area (Å²) in [7, 11) is 0. The highest BCUT2D eigenvalue weighted by Crippen LogP contribution is 2.17. The van der Waals surface area contributed by atoms with E-state index in [9.17, 15) is 14.4 Å². The molecule has 0 aliphatic carbocycles. The maximum absolute atomic E-state index is 12.9. The zero-order valence-electron chi connectivity index (χ0n) is 53.0. The number of ether oxygens (including phenoxy) is 3. The fourth-order valence-corrected chi connectivity index (χ4v) is 9.44. The van der Waals surface area contributed by atoms with Crippen molar-refractivity contribution in [1.29, 1.82) is 0 Å². The minimum Gasteiger partial charge on any atom is -0.462 e. The zero-order chi connectivity index (χ0) is 58.5. The molecule has 0 N–H and O–H groups in total. The number of carbonyl (C=O) groups excluding carboxylic acids is 3. The predicted molar refractivity (Wildman–Crippen MR) is 353 cm³/mol. The normalized spacial score (nSPS) is 12.9. The van der Waals surface area contributed by atoms with Crippen LogP contribution in [0.5, 0.6) is 0 Å². The Morgan fingerprint density at radius 2 is 0.481 bits per heavy atom. The molecule has 1 unspecified atom stereocenters. The van der Waals surface area contributed by atoms with Crippen LogP contribution in [-0.4, -0.2) is 37.2 Å². The molecule has 0 rings (SSSR count). The van der Waals surface area contributed by atoms with Gasteiger partial charge in [-0.3, -0.25) is 14.4 Å². The Labute approximate surface area is 501 Å². The summed E-state index contributed by atoms with van der Waals surface area (Å²) in [5.41, 5.74) is 0. The van der Waals surface area contributed by atoms with E-state index in [1.807, 2.05) is 0 Å². The molecule has 0 saturated carbocycles. The Bertz CT molecular complexity index is 1670. The van der Waals surface area contributed by atoms with Gasteiger partial charge in [-0.15, -0.1) is 0 Å². The lowest BCUT2D eigenvalue weighted by molar-refractivity contribution is -0.167. The molecule has 0 amide bonds. The fraction of sp³-hybridized carbons (Fsp3) is 0.693. The van der Waals surface area contributed by atoms with Gasteiger partial charge in [0.25, 0.3) is 0 Å². The number of unbranched alkanes of at least 4 members (excludes halogenated alkanes) is 30. The molecule has 0 aliphatic heterocycles. The van der Waals surface area contributed by atoms with Crippen LogP contribution in [0.4, 0.5) is 0 Å². The zero-order valence-corrected chi connectivity index (χ0v) is 53.0. The Morgan fingerprint density at radius 3 is 0.753 bits per heavy atom. The van der Waals surface area contributed by atoms with E-state index < -0.39 is 6.10 Å². The average Bonchev–Trinajstić information content (AvgIpc) is 3.47. The third-order valence-electron chi connectivity index (χ3n) is 14.5.